The van der Waals surface area contributed by atoms with Crippen LogP contribution in [-0.4, -0.2) is 15.7 Å². The highest BCUT2D eigenvalue weighted by Gasteiger charge is 2.14. The Morgan fingerprint density at radius 2 is 2.16 bits per heavy atom. The summed E-state index contributed by atoms with van der Waals surface area (Å²) in [5, 5.41) is 15.1. The molecule has 0 bridgehead atoms. The minimum Gasteiger partial charge on any atom is -0.304 e. The van der Waals surface area contributed by atoms with Gasteiger partial charge in [0.2, 0.25) is 0 Å². The summed E-state index contributed by atoms with van der Waals surface area (Å²) >= 11 is 0. The number of hydrogen-bond donors (Lipinski definition) is 1. The van der Waals surface area contributed by atoms with E-state index in [1.165, 1.54) is 10.9 Å². The smallest absolute Gasteiger partial charge is 0.257 e. The van der Waals surface area contributed by atoms with E-state index >= 15 is 0 Å². The van der Waals surface area contributed by atoms with Gasteiger partial charge in [0.15, 0.2) is 17.5 Å². The Balaban J connectivity index is 2.26. The average Bonchev–Trinajstić information content (AvgIpc) is 2.72. The summed E-state index contributed by atoms with van der Waals surface area (Å²) in [6.45, 7) is 0. The molecule has 0 unspecified atom stereocenters. The van der Waals surface area contributed by atoms with E-state index < -0.39 is 17.5 Å². The van der Waals surface area contributed by atoms with Crippen molar-refractivity contribution in [3.63, 3.8) is 0 Å². The number of nitrogens with zero attached hydrogens (tertiary/aromatic N) is 3. The summed E-state index contributed by atoms with van der Waals surface area (Å²) in [4.78, 5) is 11.8. The quantitative estimate of drug-likeness (QED) is 0.897. The Labute approximate surface area is 107 Å². The monoisotopic (exact) mass is 262 g/mol. The number of nitrogens with one attached hydrogen (secondary N) is 1. The average molecular weight is 262 g/mol. The van der Waals surface area contributed by atoms with Crippen LogP contribution in [0.25, 0.3) is 0 Å². The minimum absolute atomic E-state index is 0.0616. The van der Waals surface area contributed by atoms with Gasteiger partial charge in [-0.25, -0.2) is 8.78 Å². The lowest BCUT2D eigenvalue weighted by atomic mass is 10.2. The van der Waals surface area contributed by atoms with Crippen molar-refractivity contribution < 1.29 is 13.6 Å². The standard InChI is InChI=1S/C12H8F2N4O/c1-18-6-8(5-15)11(17-18)16-12(19)7-2-3-9(13)10(14)4-7/h2-4,6H,1H3,(H,16,17,19). The first-order chi connectivity index (χ1) is 9.01. The van der Waals surface area contributed by atoms with Gasteiger partial charge in [-0.15, -0.1) is 0 Å². The summed E-state index contributed by atoms with van der Waals surface area (Å²) in [5.41, 5.74) is 0.117. The number of benzene rings is 1. The first-order valence-electron chi connectivity index (χ1n) is 5.21. The largest absolute Gasteiger partial charge is 0.304 e. The molecule has 1 heterocycles. The van der Waals surface area contributed by atoms with Gasteiger partial charge in [0.05, 0.1) is 0 Å². The molecule has 0 aliphatic heterocycles. The Morgan fingerprint density at radius 3 is 2.79 bits per heavy atom. The van der Waals surface area contributed by atoms with Gasteiger partial charge < -0.3 is 5.32 Å². The maximum absolute atomic E-state index is 13.0. The van der Waals surface area contributed by atoms with Crippen molar-refractivity contribution in [3.8, 4) is 6.07 Å². The van der Waals surface area contributed by atoms with Crippen LogP contribution in [-0.2, 0) is 7.05 Å². The van der Waals surface area contributed by atoms with E-state index in [1.54, 1.807) is 7.05 Å². The Kier molecular flexibility index (Phi) is 3.25. The third-order valence-corrected chi connectivity index (χ3v) is 2.36. The lowest BCUT2D eigenvalue weighted by molar-refractivity contribution is 0.102. The fraction of sp³-hybridized carbons (Fsp3) is 0.0833. The summed E-state index contributed by atoms with van der Waals surface area (Å²) in [7, 11) is 1.59. The molecule has 1 aromatic carbocycles. The zero-order valence-electron chi connectivity index (χ0n) is 9.82. The van der Waals surface area contributed by atoms with Crippen LogP contribution >= 0.6 is 0 Å². The van der Waals surface area contributed by atoms with Crippen LogP contribution in [0.4, 0.5) is 14.6 Å². The summed E-state index contributed by atoms with van der Waals surface area (Å²) in [6, 6.07) is 4.64. The molecule has 1 amide bonds. The van der Waals surface area contributed by atoms with Gasteiger partial charge in [-0.05, 0) is 18.2 Å². The van der Waals surface area contributed by atoms with Crippen molar-refractivity contribution in [1.82, 2.24) is 9.78 Å². The van der Waals surface area contributed by atoms with E-state index in [1.807, 2.05) is 6.07 Å². The van der Waals surface area contributed by atoms with Gasteiger partial charge in [0, 0.05) is 18.8 Å². The second-order valence-corrected chi connectivity index (χ2v) is 3.76. The van der Waals surface area contributed by atoms with Gasteiger partial charge in [-0.1, -0.05) is 0 Å². The molecular weight excluding hydrogens is 254 g/mol. The molecule has 0 radical (unpaired) electrons. The van der Waals surface area contributed by atoms with E-state index in [0.29, 0.717) is 0 Å². The van der Waals surface area contributed by atoms with Crippen LogP contribution in [0, 0.1) is 23.0 Å². The predicted octanol–water partition coefficient (Wildman–Crippen LogP) is 1.82. The highest BCUT2D eigenvalue weighted by atomic mass is 19.2. The van der Waals surface area contributed by atoms with Gasteiger partial charge in [0.25, 0.3) is 5.91 Å². The molecule has 19 heavy (non-hydrogen) atoms. The van der Waals surface area contributed by atoms with Gasteiger partial charge in [-0.3, -0.25) is 9.48 Å². The molecule has 0 spiro atoms. The number of carbonyl (C=O) groups excluding carboxylic acids is 1. The number of hydrogen-bond acceptors (Lipinski definition) is 3. The molecule has 1 aromatic heterocycles. The van der Waals surface area contributed by atoms with Crippen molar-refractivity contribution in [1.29, 1.82) is 5.26 Å². The van der Waals surface area contributed by atoms with E-state index in [0.717, 1.165) is 18.2 Å². The number of halogens is 2. The number of aromatic nitrogens is 2. The summed E-state index contributed by atoms with van der Waals surface area (Å²) in [6.07, 6.45) is 1.43. The highest BCUT2D eigenvalue weighted by Crippen LogP contribution is 2.14. The normalized spacial score (nSPS) is 10.0. The zero-order valence-corrected chi connectivity index (χ0v) is 9.82. The maximum Gasteiger partial charge on any atom is 0.257 e. The van der Waals surface area contributed by atoms with Crippen molar-refractivity contribution in [2.45, 2.75) is 0 Å². The Morgan fingerprint density at radius 1 is 1.42 bits per heavy atom. The molecule has 7 heteroatoms. The first-order valence-corrected chi connectivity index (χ1v) is 5.21. The summed E-state index contributed by atoms with van der Waals surface area (Å²) < 4.78 is 27.1. The second-order valence-electron chi connectivity index (χ2n) is 3.76. The molecule has 0 saturated heterocycles. The first kappa shape index (κ1) is 12.7. The summed E-state index contributed by atoms with van der Waals surface area (Å²) in [5.74, 6) is -2.75. The van der Waals surface area contributed by atoms with E-state index in [4.69, 9.17) is 5.26 Å². The van der Waals surface area contributed by atoms with E-state index in [2.05, 4.69) is 10.4 Å². The number of nitriles is 1. The van der Waals surface area contributed by atoms with Crippen LogP contribution in [0.5, 0.6) is 0 Å². The van der Waals surface area contributed by atoms with Crippen molar-refractivity contribution in [3.05, 3.63) is 47.2 Å². The topological polar surface area (TPSA) is 70.7 Å². The van der Waals surface area contributed by atoms with Crippen molar-refractivity contribution in [2.75, 3.05) is 5.32 Å². The molecule has 0 aliphatic rings. The SMILES string of the molecule is Cn1cc(C#N)c(NC(=O)c2ccc(F)c(F)c2)n1. The number of aryl methyl sites for hydroxylation is 1. The lowest BCUT2D eigenvalue weighted by Crippen LogP contribution is -2.13. The van der Waals surface area contributed by atoms with Crippen LogP contribution in [0.1, 0.15) is 15.9 Å². The predicted molar refractivity (Wildman–Crippen MR) is 62.2 cm³/mol. The molecule has 0 atom stereocenters. The number of amides is 1. The second kappa shape index (κ2) is 4.86. The number of carbonyl (C=O) groups is 1. The van der Waals surface area contributed by atoms with E-state index in [9.17, 15) is 13.6 Å². The van der Waals surface area contributed by atoms with Crippen molar-refractivity contribution in [2.24, 2.45) is 7.05 Å². The van der Waals surface area contributed by atoms with Gasteiger partial charge >= 0.3 is 0 Å². The van der Waals surface area contributed by atoms with Crippen LogP contribution in [0.15, 0.2) is 24.4 Å². The van der Waals surface area contributed by atoms with Crippen LogP contribution in [0.2, 0.25) is 0 Å². The molecule has 2 aromatic rings. The molecule has 5 nitrogen and oxygen atoms in total. The third kappa shape index (κ3) is 2.57. The maximum atomic E-state index is 13.0. The van der Waals surface area contributed by atoms with Crippen molar-refractivity contribution >= 4 is 11.7 Å². The fourth-order valence-corrected chi connectivity index (χ4v) is 1.48. The molecular formula is C12H8F2N4O. The molecule has 2 rings (SSSR count). The third-order valence-electron chi connectivity index (χ3n) is 2.36. The molecule has 1 N–H and O–H groups in total. The fourth-order valence-electron chi connectivity index (χ4n) is 1.48. The molecule has 96 valence electrons. The Hall–Kier alpha value is -2.75. The number of rotatable bonds is 2. The zero-order chi connectivity index (χ0) is 14.0. The van der Waals surface area contributed by atoms with Crippen LogP contribution in [0.3, 0.4) is 0 Å². The number of anilines is 1. The van der Waals surface area contributed by atoms with Crippen LogP contribution < -0.4 is 5.32 Å². The van der Waals surface area contributed by atoms with Gasteiger partial charge in [-0.2, -0.15) is 10.4 Å². The lowest BCUT2D eigenvalue weighted by Gasteiger charge is -2.03. The molecule has 0 saturated carbocycles. The molecule has 0 aliphatic carbocycles. The van der Waals surface area contributed by atoms with Gasteiger partial charge in [0.1, 0.15) is 11.6 Å². The van der Waals surface area contributed by atoms with E-state index in [-0.39, 0.29) is 16.9 Å². The highest BCUT2D eigenvalue weighted by molar-refractivity contribution is 6.04. The molecule has 0 fully saturated rings. The Bertz CT molecular complexity index is 688. The minimum atomic E-state index is -1.12.